The van der Waals surface area contributed by atoms with Gasteiger partial charge >= 0.3 is 0 Å². The van der Waals surface area contributed by atoms with Crippen molar-refractivity contribution in [1.29, 1.82) is 0 Å². The van der Waals surface area contributed by atoms with Crippen molar-refractivity contribution in [2.24, 2.45) is 11.7 Å². The van der Waals surface area contributed by atoms with Gasteiger partial charge in [-0.25, -0.2) is 0 Å². The summed E-state index contributed by atoms with van der Waals surface area (Å²) in [5.41, 5.74) is 6.32. The number of carbonyl (C=O) groups is 2. The van der Waals surface area contributed by atoms with Crippen LogP contribution in [0.25, 0.3) is 0 Å². The van der Waals surface area contributed by atoms with Crippen LogP contribution in [0.3, 0.4) is 0 Å². The number of primary amides is 1. The minimum absolute atomic E-state index is 0.0140. The van der Waals surface area contributed by atoms with Crippen molar-refractivity contribution < 1.29 is 19.1 Å². The standard InChI is InChI=1S/C18H23N3O4/c19-18(23)13-3-5-20(6-4-13)14-9-21(10-14)17(22)8-12-1-2-15-16(7-12)25-11-24-15/h1-2,7,13-14H,3-6,8-11H2,(H2,19,23). The van der Waals surface area contributed by atoms with E-state index in [1.165, 1.54) is 0 Å². The fourth-order valence-electron chi connectivity index (χ4n) is 3.78. The first-order valence-electron chi connectivity index (χ1n) is 8.80. The van der Waals surface area contributed by atoms with E-state index in [1.807, 2.05) is 23.1 Å². The molecule has 0 spiro atoms. The second kappa shape index (κ2) is 6.55. The van der Waals surface area contributed by atoms with E-state index in [2.05, 4.69) is 4.90 Å². The highest BCUT2D eigenvalue weighted by Crippen LogP contribution is 2.33. The van der Waals surface area contributed by atoms with Gasteiger partial charge in [-0.05, 0) is 43.6 Å². The molecular weight excluding hydrogens is 322 g/mol. The zero-order chi connectivity index (χ0) is 17.4. The molecule has 1 aromatic carbocycles. The van der Waals surface area contributed by atoms with Crippen LogP contribution in [0.15, 0.2) is 18.2 Å². The van der Waals surface area contributed by atoms with Crippen LogP contribution >= 0.6 is 0 Å². The summed E-state index contributed by atoms with van der Waals surface area (Å²) >= 11 is 0. The molecule has 0 saturated carbocycles. The number of nitrogens with two attached hydrogens (primary N) is 1. The molecule has 2 saturated heterocycles. The highest BCUT2D eigenvalue weighted by Gasteiger charge is 2.36. The van der Waals surface area contributed by atoms with Gasteiger partial charge in [-0.15, -0.1) is 0 Å². The molecule has 2 N–H and O–H groups in total. The first-order valence-corrected chi connectivity index (χ1v) is 8.80. The summed E-state index contributed by atoms with van der Waals surface area (Å²) in [4.78, 5) is 27.9. The largest absolute Gasteiger partial charge is 0.454 e. The molecule has 1 aromatic rings. The summed E-state index contributed by atoms with van der Waals surface area (Å²) in [6, 6.07) is 6.06. The molecule has 25 heavy (non-hydrogen) atoms. The van der Waals surface area contributed by atoms with Gasteiger partial charge in [0.25, 0.3) is 0 Å². The Balaban J connectivity index is 1.25. The number of carbonyl (C=O) groups excluding carboxylic acids is 2. The molecular formula is C18H23N3O4. The molecule has 2 amide bonds. The number of benzene rings is 1. The molecule has 7 nitrogen and oxygen atoms in total. The third-order valence-electron chi connectivity index (χ3n) is 5.46. The van der Waals surface area contributed by atoms with E-state index in [4.69, 9.17) is 15.2 Å². The summed E-state index contributed by atoms with van der Waals surface area (Å²) in [5, 5.41) is 0. The second-order valence-corrected chi connectivity index (χ2v) is 7.03. The van der Waals surface area contributed by atoms with Crippen LogP contribution in [-0.2, 0) is 16.0 Å². The van der Waals surface area contributed by atoms with Crippen molar-refractivity contribution >= 4 is 11.8 Å². The summed E-state index contributed by atoms with van der Waals surface area (Å²) in [6.45, 7) is 3.56. The highest BCUT2D eigenvalue weighted by atomic mass is 16.7. The van der Waals surface area contributed by atoms with Gasteiger partial charge in [0.05, 0.1) is 6.42 Å². The first kappa shape index (κ1) is 16.2. The summed E-state index contributed by atoms with van der Waals surface area (Å²) < 4.78 is 10.6. The highest BCUT2D eigenvalue weighted by molar-refractivity contribution is 5.80. The Bertz CT molecular complexity index is 679. The lowest BCUT2D eigenvalue weighted by molar-refractivity contribution is -0.138. The van der Waals surface area contributed by atoms with Crippen LogP contribution in [0.2, 0.25) is 0 Å². The smallest absolute Gasteiger partial charge is 0.231 e. The Labute approximate surface area is 146 Å². The van der Waals surface area contributed by atoms with Crippen LogP contribution in [0, 0.1) is 5.92 Å². The molecule has 3 aliphatic heterocycles. The minimum Gasteiger partial charge on any atom is -0.454 e. The number of amides is 2. The van der Waals surface area contributed by atoms with Crippen LogP contribution in [-0.4, -0.2) is 60.6 Å². The molecule has 0 aliphatic carbocycles. The number of hydrogen-bond acceptors (Lipinski definition) is 5. The van der Waals surface area contributed by atoms with Crippen molar-refractivity contribution in [2.75, 3.05) is 33.0 Å². The molecule has 7 heteroatoms. The molecule has 0 aromatic heterocycles. The maximum absolute atomic E-state index is 12.4. The van der Waals surface area contributed by atoms with Crippen molar-refractivity contribution in [3.05, 3.63) is 23.8 Å². The van der Waals surface area contributed by atoms with Gasteiger partial charge in [-0.1, -0.05) is 6.07 Å². The average molecular weight is 345 g/mol. The molecule has 0 unspecified atom stereocenters. The fraction of sp³-hybridized carbons (Fsp3) is 0.556. The normalized spacial score (nSPS) is 21.2. The van der Waals surface area contributed by atoms with Gasteiger partial charge in [0.1, 0.15) is 0 Å². The quantitative estimate of drug-likeness (QED) is 0.852. The predicted octanol–water partition coefficient (Wildman–Crippen LogP) is 0.366. The van der Waals surface area contributed by atoms with E-state index in [0.29, 0.717) is 18.2 Å². The van der Waals surface area contributed by atoms with Crippen molar-refractivity contribution in [3.63, 3.8) is 0 Å². The molecule has 4 rings (SSSR count). The van der Waals surface area contributed by atoms with Crippen molar-refractivity contribution in [3.8, 4) is 11.5 Å². The van der Waals surface area contributed by atoms with Crippen LogP contribution in [0.5, 0.6) is 11.5 Å². The number of rotatable bonds is 4. The van der Waals surface area contributed by atoms with Gasteiger partial charge in [0.2, 0.25) is 18.6 Å². The summed E-state index contributed by atoms with van der Waals surface area (Å²) in [7, 11) is 0. The van der Waals surface area contributed by atoms with Crippen molar-refractivity contribution in [1.82, 2.24) is 9.80 Å². The Morgan fingerprint density at radius 2 is 1.84 bits per heavy atom. The topological polar surface area (TPSA) is 85.1 Å². The predicted molar refractivity (Wildman–Crippen MR) is 90.1 cm³/mol. The Morgan fingerprint density at radius 3 is 2.56 bits per heavy atom. The average Bonchev–Trinajstić information content (AvgIpc) is 3.01. The maximum atomic E-state index is 12.4. The van der Waals surface area contributed by atoms with Crippen LogP contribution in [0.4, 0.5) is 0 Å². The Hall–Kier alpha value is -2.28. The minimum atomic E-state index is -0.186. The monoisotopic (exact) mass is 345 g/mol. The van der Waals surface area contributed by atoms with Crippen LogP contribution in [0.1, 0.15) is 18.4 Å². The maximum Gasteiger partial charge on any atom is 0.231 e. The first-order chi connectivity index (χ1) is 12.1. The van der Waals surface area contributed by atoms with Crippen molar-refractivity contribution in [2.45, 2.75) is 25.3 Å². The van der Waals surface area contributed by atoms with Gasteiger partial charge < -0.3 is 20.1 Å². The summed E-state index contributed by atoms with van der Waals surface area (Å²) in [5.74, 6) is 1.42. The summed E-state index contributed by atoms with van der Waals surface area (Å²) in [6.07, 6.45) is 2.04. The van der Waals surface area contributed by atoms with E-state index in [0.717, 1.165) is 50.3 Å². The molecule has 0 radical (unpaired) electrons. The van der Waals surface area contributed by atoms with Crippen LogP contribution < -0.4 is 15.2 Å². The van der Waals surface area contributed by atoms with Gasteiger partial charge in [0, 0.05) is 25.0 Å². The van der Waals surface area contributed by atoms with E-state index in [-0.39, 0.29) is 24.5 Å². The lowest BCUT2D eigenvalue weighted by atomic mass is 9.93. The SMILES string of the molecule is NC(=O)C1CCN(C2CN(C(=O)Cc3ccc4c(c3)OCO4)C2)CC1. The van der Waals surface area contributed by atoms with E-state index in [9.17, 15) is 9.59 Å². The van der Waals surface area contributed by atoms with E-state index < -0.39 is 0 Å². The molecule has 3 heterocycles. The number of likely N-dealkylation sites (tertiary alicyclic amines) is 2. The zero-order valence-corrected chi connectivity index (χ0v) is 14.1. The second-order valence-electron chi connectivity index (χ2n) is 7.03. The van der Waals surface area contributed by atoms with Gasteiger partial charge in [-0.3, -0.25) is 14.5 Å². The Morgan fingerprint density at radius 1 is 1.12 bits per heavy atom. The van der Waals surface area contributed by atoms with E-state index in [1.54, 1.807) is 0 Å². The molecule has 2 fully saturated rings. The molecule has 3 aliphatic rings. The lowest BCUT2D eigenvalue weighted by Gasteiger charge is -2.47. The van der Waals surface area contributed by atoms with E-state index >= 15 is 0 Å². The third kappa shape index (κ3) is 3.28. The van der Waals surface area contributed by atoms with Gasteiger partial charge in [0.15, 0.2) is 11.5 Å². The Kier molecular flexibility index (Phi) is 4.25. The number of ether oxygens (including phenoxy) is 2. The number of fused-ring (bicyclic) bond motifs is 1. The molecule has 134 valence electrons. The molecule has 0 atom stereocenters. The number of hydrogen-bond donors (Lipinski definition) is 1. The number of nitrogens with zero attached hydrogens (tertiary/aromatic N) is 2. The zero-order valence-electron chi connectivity index (χ0n) is 14.1. The molecule has 0 bridgehead atoms. The fourth-order valence-corrected chi connectivity index (χ4v) is 3.78. The van der Waals surface area contributed by atoms with Gasteiger partial charge in [-0.2, -0.15) is 0 Å². The third-order valence-corrected chi connectivity index (χ3v) is 5.46. The number of piperidine rings is 1. The lowest BCUT2D eigenvalue weighted by Crippen LogP contribution is -2.62.